The summed E-state index contributed by atoms with van der Waals surface area (Å²) in [5, 5.41) is 2.83. The zero-order chi connectivity index (χ0) is 15.0. The third kappa shape index (κ3) is 3.62. The molecule has 1 aromatic rings. The molecule has 0 atom stereocenters. The van der Waals surface area contributed by atoms with Gasteiger partial charge in [-0.3, -0.25) is 9.59 Å². The first-order chi connectivity index (χ1) is 8.55. The van der Waals surface area contributed by atoms with Gasteiger partial charge in [0.05, 0.1) is 26.3 Å². The fourth-order valence-corrected chi connectivity index (χ4v) is 2.28. The van der Waals surface area contributed by atoms with E-state index in [1.165, 1.54) is 13.0 Å². The number of ketones is 1. The highest BCUT2D eigenvalue weighted by Crippen LogP contribution is 2.40. The van der Waals surface area contributed by atoms with Gasteiger partial charge in [0.2, 0.25) is 5.91 Å². The van der Waals surface area contributed by atoms with Crippen LogP contribution in [0.4, 0.5) is 5.69 Å². The van der Waals surface area contributed by atoms with Crippen LogP contribution in [0.1, 0.15) is 38.1 Å². The molecule has 0 unspecified atom stereocenters. The first-order valence-electron chi connectivity index (χ1n) is 5.55. The first-order valence-corrected chi connectivity index (χ1v) is 6.69. The molecule has 0 bridgehead atoms. The van der Waals surface area contributed by atoms with Crippen LogP contribution in [0.3, 0.4) is 0 Å². The van der Waals surface area contributed by atoms with Gasteiger partial charge >= 0.3 is 0 Å². The smallest absolute Gasteiger partial charge is 0.221 e. The number of anilines is 1. The molecule has 0 saturated carbocycles. The average molecular weight is 323 g/mol. The van der Waals surface area contributed by atoms with Crippen LogP contribution < -0.4 is 5.32 Å². The maximum Gasteiger partial charge on any atom is 0.221 e. The van der Waals surface area contributed by atoms with E-state index in [0.717, 1.165) is 0 Å². The zero-order valence-corrected chi connectivity index (χ0v) is 13.3. The van der Waals surface area contributed by atoms with E-state index < -0.39 is 5.41 Å². The Morgan fingerprint density at radius 3 is 2.05 bits per heavy atom. The summed E-state index contributed by atoms with van der Waals surface area (Å²) < 4.78 is 0. The van der Waals surface area contributed by atoms with Gasteiger partial charge in [0.25, 0.3) is 0 Å². The number of rotatable bonds is 2. The minimum absolute atomic E-state index is 0.0536. The molecule has 0 aliphatic rings. The molecular weight excluding hydrogens is 309 g/mol. The Morgan fingerprint density at radius 2 is 1.63 bits per heavy atom. The predicted molar refractivity (Wildman–Crippen MR) is 79.6 cm³/mol. The Hall–Kier alpha value is -0.770. The molecule has 0 fully saturated rings. The lowest BCUT2D eigenvalue weighted by Gasteiger charge is -2.20. The molecule has 104 valence electrons. The lowest BCUT2D eigenvalue weighted by molar-refractivity contribution is -0.114. The van der Waals surface area contributed by atoms with Crippen molar-refractivity contribution in [2.45, 2.75) is 27.7 Å². The normalized spacial score (nSPS) is 11.3. The van der Waals surface area contributed by atoms with E-state index in [-0.39, 0.29) is 38.0 Å². The van der Waals surface area contributed by atoms with Crippen molar-refractivity contribution in [3.05, 3.63) is 26.7 Å². The quantitative estimate of drug-likeness (QED) is 0.626. The lowest BCUT2D eigenvalue weighted by Crippen LogP contribution is -2.21. The van der Waals surface area contributed by atoms with E-state index in [1.807, 2.05) is 0 Å². The molecule has 6 heteroatoms. The van der Waals surface area contributed by atoms with Crippen molar-refractivity contribution in [3.63, 3.8) is 0 Å². The average Bonchev–Trinajstić information content (AvgIpc) is 2.23. The third-order valence-corrected chi connectivity index (χ3v) is 3.54. The molecule has 1 rings (SSSR count). The standard InChI is InChI=1S/C13H14Cl3NO2/c1-6(18)17-8-5-7(14)9(11(16)10(8)15)12(19)13(2,3)4/h5H,1-4H3,(H,17,18). The second kappa shape index (κ2) is 5.70. The number of Topliss-reactive ketones (excluding diaryl/α,β-unsaturated/α-hetero) is 1. The van der Waals surface area contributed by atoms with E-state index in [1.54, 1.807) is 20.8 Å². The minimum Gasteiger partial charge on any atom is -0.325 e. The molecular formula is C13H14Cl3NO2. The van der Waals surface area contributed by atoms with Gasteiger partial charge < -0.3 is 5.32 Å². The SMILES string of the molecule is CC(=O)Nc1cc(Cl)c(C(=O)C(C)(C)C)c(Cl)c1Cl. The van der Waals surface area contributed by atoms with Crippen LogP contribution in [-0.4, -0.2) is 11.7 Å². The van der Waals surface area contributed by atoms with Gasteiger partial charge in [0, 0.05) is 12.3 Å². The van der Waals surface area contributed by atoms with Crippen molar-refractivity contribution in [2.75, 3.05) is 5.32 Å². The number of amides is 1. The topological polar surface area (TPSA) is 46.2 Å². The number of carbonyl (C=O) groups is 2. The van der Waals surface area contributed by atoms with E-state index in [0.29, 0.717) is 0 Å². The van der Waals surface area contributed by atoms with Gasteiger partial charge in [-0.2, -0.15) is 0 Å². The summed E-state index contributed by atoms with van der Waals surface area (Å²) in [6.45, 7) is 6.62. The van der Waals surface area contributed by atoms with Gasteiger partial charge in [-0.15, -0.1) is 0 Å². The maximum atomic E-state index is 12.3. The van der Waals surface area contributed by atoms with E-state index in [4.69, 9.17) is 34.8 Å². The molecule has 1 amide bonds. The highest BCUT2D eigenvalue weighted by molar-refractivity contribution is 6.48. The molecule has 0 aromatic heterocycles. The highest BCUT2D eigenvalue weighted by Gasteiger charge is 2.29. The van der Waals surface area contributed by atoms with Crippen molar-refractivity contribution in [3.8, 4) is 0 Å². The molecule has 0 aliphatic carbocycles. The van der Waals surface area contributed by atoms with Crippen molar-refractivity contribution < 1.29 is 9.59 Å². The summed E-state index contributed by atoms with van der Waals surface area (Å²) >= 11 is 18.2. The number of hydrogen-bond acceptors (Lipinski definition) is 2. The van der Waals surface area contributed by atoms with Crippen LogP contribution in [0.5, 0.6) is 0 Å². The fraction of sp³-hybridized carbons (Fsp3) is 0.385. The van der Waals surface area contributed by atoms with Crippen LogP contribution in [-0.2, 0) is 4.79 Å². The Labute approximate surface area is 127 Å². The Bertz CT molecular complexity index is 548. The molecule has 19 heavy (non-hydrogen) atoms. The Balaban J connectivity index is 3.42. The van der Waals surface area contributed by atoms with Gasteiger partial charge in [-0.25, -0.2) is 0 Å². The van der Waals surface area contributed by atoms with Crippen molar-refractivity contribution in [2.24, 2.45) is 5.41 Å². The second-order valence-corrected chi connectivity index (χ2v) is 6.33. The number of nitrogens with one attached hydrogen (secondary N) is 1. The molecule has 0 saturated heterocycles. The molecule has 1 aromatic carbocycles. The van der Waals surface area contributed by atoms with Gasteiger partial charge in [-0.05, 0) is 6.07 Å². The van der Waals surface area contributed by atoms with E-state index in [2.05, 4.69) is 5.32 Å². The van der Waals surface area contributed by atoms with Gasteiger partial charge in [0.1, 0.15) is 0 Å². The molecule has 0 heterocycles. The monoisotopic (exact) mass is 321 g/mol. The highest BCUT2D eigenvalue weighted by atomic mass is 35.5. The molecule has 3 nitrogen and oxygen atoms in total. The summed E-state index contributed by atoms with van der Waals surface area (Å²) in [6, 6.07) is 1.43. The first kappa shape index (κ1) is 16.3. The van der Waals surface area contributed by atoms with Crippen molar-refractivity contribution >= 4 is 52.2 Å². The molecule has 0 radical (unpaired) electrons. The summed E-state index contributed by atoms with van der Waals surface area (Å²) in [7, 11) is 0. The fourth-order valence-electron chi connectivity index (χ4n) is 1.46. The number of benzene rings is 1. The number of halogens is 3. The molecule has 0 aliphatic heterocycles. The molecule has 1 N–H and O–H groups in total. The van der Waals surface area contributed by atoms with Crippen LogP contribution in [0.15, 0.2) is 6.07 Å². The summed E-state index contributed by atoms with van der Waals surface area (Å²) in [4.78, 5) is 23.3. The van der Waals surface area contributed by atoms with Crippen LogP contribution in [0.25, 0.3) is 0 Å². The van der Waals surface area contributed by atoms with Crippen molar-refractivity contribution in [1.29, 1.82) is 0 Å². The Morgan fingerprint density at radius 1 is 1.11 bits per heavy atom. The Kier molecular flexibility index (Phi) is 4.88. The van der Waals surface area contributed by atoms with Gasteiger partial charge in [0.15, 0.2) is 5.78 Å². The molecule has 0 spiro atoms. The predicted octanol–water partition coefficient (Wildman–Crippen LogP) is 4.83. The lowest BCUT2D eigenvalue weighted by atomic mass is 9.86. The number of hydrogen-bond donors (Lipinski definition) is 1. The maximum absolute atomic E-state index is 12.3. The summed E-state index contributed by atoms with van der Waals surface area (Å²) in [5.74, 6) is -0.511. The third-order valence-electron chi connectivity index (χ3n) is 2.38. The van der Waals surface area contributed by atoms with Crippen molar-refractivity contribution in [1.82, 2.24) is 0 Å². The van der Waals surface area contributed by atoms with Crippen LogP contribution >= 0.6 is 34.8 Å². The van der Waals surface area contributed by atoms with Crippen LogP contribution in [0, 0.1) is 5.41 Å². The van der Waals surface area contributed by atoms with E-state index in [9.17, 15) is 9.59 Å². The zero-order valence-electron chi connectivity index (χ0n) is 11.0. The summed E-state index contributed by atoms with van der Waals surface area (Å²) in [6.07, 6.45) is 0. The number of carbonyl (C=O) groups excluding carboxylic acids is 2. The summed E-state index contributed by atoms with van der Waals surface area (Å²) in [5.41, 5.74) is -0.170. The van der Waals surface area contributed by atoms with E-state index >= 15 is 0 Å². The minimum atomic E-state index is -0.633. The van der Waals surface area contributed by atoms with Crippen LogP contribution in [0.2, 0.25) is 15.1 Å². The second-order valence-electron chi connectivity index (χ2n) is 5.17. The van der Waals surface area contributed by atoms with Gasteiger partial charge in [-0.1, -0.05) is 55.6 Å². The largest absolute Gasteiger partial charge is 0.325 e.